The van der Waals surface area contributed by atoms with Crippen LogP contribution in [0.15, 0.2) is 0 Å². The van der Waals surface area contributed by atoms with Crippen molar-refractivity contribution in [3.63, 3.8) is 0 Å². The summed E-state index contributed by atoms with van der Waals surface area (Å²) in [7, 11) is 0. The molecule has 0 amide bonds. The minimum absolute atomic E-state index is 0.130. The number of thioether (sulfide) groups is 1. The fourth-order valence-corrected chi connectivity index (χ4v) is 2.60. The van der Waals surface area contributed by atoms with E-state index in [0.717, 1.165) is 39.1 Å². The Morgan fingerprint density at radius 1 is 1.44 bits per heavy atom. The molecule has 1 aliphatic heterocycles. The zero-order valence-corrected chi connectivity index (χ0v) is 11.3. The maximum Gasteiger partial charge on any atom is 0.104 e. The van der Waals surface area contributed by atoms with Gasteiger partial charge in [-0.15, -0.1) is 11.8 Å². The lowest BCUT2D eigenvalue weighted by atomic mass is 9.97. The van der Waals surface area contributed by atoms with Crippen molar-refractivity contribution in [2.45, 2.75) is 37.5 Å². The predicted octanol–water partition coefficient (Wildman–Crippen LogP) is 2.13. The Morgan fingerprint density at radius 3 is 2.50 bits per heavy atom. The summed E-state index contributed by atoms with van der Waals surface area (Å²) in [6.45, 7) is 7.96. The average Bonchev–Trinajstić information content (AvgIpc) is 2.30. The zero-order chi connectivity index (χ0) is 12.0. The quantitative estimate of drug-likeness (QED) is 0.740. The van der Waals surface area contributed by atoms with Crippen LogP contribution in [0.4, 0.5) is 0 Å². The van der Waals surface area contributed by atoms with Gasteiger partial charge in [0.2, 0.25) is 0 Å². The highest BCUT2D eigenvalue weighted by molar-refractivity contribution is 8.00. The highest BCUT2D eigenvalue weighted by Gasteiger charge is 2.33. The smallest absolute Gasteiger partial charge is 0.104 e. The lowest BCUT2D eigenvalue weighted by molar-refractivity contribution is 0.0540. The number of ether oxygens (including phenoxy) is 1. The molecule has 0 aromatic heterocycles. The third-order valence-corrected chi connectivity index (χ3v) is 4.40. The minimum atomic E-state index is -0.130. The molecule has 0 atom stereocenters. The van der Waals surface area contributed by atoms with Crippen LogP contribution in [-0.2, 0) is 4.74 Å². The second-order valence-electron chi connectivity index (χ2n) is 4.57. The molecule has 0 aromatic rings. The van der Waals surface area contributed by atoms with Crippen LogP contribution >= 0.6 is 11.8 Å². The molecule has 1 rings (SSSR count). The lowest BCUT2D eigenvalue weighted by Gasteiger charge is -2.36. The van der Waals surface area contributed by atoms with E-state index in [1.54, 1.807) is 11.8 Å². The van der Waals surface area contributed by atoms with Crippen molar-refractivity contribution >= 4 is 11.8 Å². The van der Waals surface area contributed by atoms with E-state index in [0.29, 0.717) is 6.10 Å². The van der Waals surface area contributed by atoms with Gasteiger partial charge < -0.3 is 9.64 Å². The summed E-state index contributed by atoms with van der Waals surface area (Å²) >= 11 is 1.70. The number of hydrogen-bond donors (Lipinski definition) is 0. The zero-order valence-electron chi connectivity index (χ0n) is 10.5. The Labute approximate surface area is 103 Å². The fourth-order valence-electron chi connectivity index (χ4n) is 1.92. The minimum Gasteiger partial charge on any atom is -0.377 e. The van der Waals surface area contributed by atoms with Crippen LogP contribution in [0.1, 0.15) is 26.7 Å². The van der Waals surface area contributed by atoms with E-state index in [2.05, 4.69) is 24.8 Å². The van der Waals surface area contributed by atoms with Crippen LogP contribution in [0.5, 0.6) is 0 Å². The van der Waals surface area contributed by atoms with E-state index in [-0.39, 0.29) is 4.75 Å². The van der Waals surface area contributed by atoms with Gasteiger partial charge in [-0.05, 0) is 32.9 Å². The van der Waals surface area contributed by atoms with Gasteiger partial charge in [0.1, 0.15) is 4.75 Å². The molecule has 92 valence electrons. The van der Waals surface area contributed by atoms with Crippen molar-refractivity contribution in [2.75, 3.05) is 32.5 Å². The second kappa shape index (κ2) is 6.48. The number of hydrogen-bond acceptors (Lipinski definition) is 4. The monoisotopic (exact) mass is 242 g/mol. The molecular formula is C12H22N2OS. The molecule has 16 heavy (non-hydrogen) atoms. The van der Waals surface area contributed by atoms with E-state index in [4.69, 9.17) is 10.00 Å². The molecule has 3 nitrogen and oxygen atoms in total. The summed E-state index contributed by atoms with van der Waals surface area (Å²) in [4.78, 5) is 2.40. The first kappa shape index (κ1) is 13.8. The predicted molar refractivity (Wildman–Crippen MR) is 68.6 cm³/mol. The van der Waals surface area contributed by atoms with E-state index < -0.39 is 0 Å². The largest absolute Gasteiger partial charge is 0.377 e. The fraction of sp³-hybridized carbons (Fsp3) is 0.917. The summed E-state index contributed by atoms with van der Waals surface area (Å²) in [5.41, 5.74) is 0. The van der Waals surface area contributed by atoms with Gasteiger partial charge in [0, 0.05) is 19.6 Å². The first-order valence-corrected chi connectivity index (χ1v) is 7.15. The van der Waals surface area contributed by atoms with Crippen LogP contribution < -0.4 is 0 Å². The average molecular weight is 242 g/mol. The molecule has 1 fully saturated rings. The van der Waals surface area contributed by atoms with E-state index >= 15 is 0 Å². The van der Waals surface area contributed by atoms with Crippen LogP contribution in [0.25, 0.3) is 0 Å². The van der Waals surface area contributed by atoms with Gasteiger partial charge in [-0.1, -0.05) is 0 Å². The van der Waals surface area contributed by atoms with E-state index in [1.807, 2.05) is 6.26 Å². The standard InChI is InChI=1S/C12H22N2OS/c1-11(2)15-9-8-14-6-4-12(10-13,16-3)5-7-14/h11H,4-9H2,1-3H3. The maximum absolute atomic E-state index is 9.16. The molecule has 0 saturated carbocycles. The Kier molecular flexibility index (Phi) is 5.60. The molecule has 4 heteroatoms. The molecule has 0 spiro atoms. The Hall–Kier alpha value is -0.240. The Morgan fingerprint density at radius 2 is 2.06 bits per heavy atom. The Balaban J connectivity index is 2.24. The van der Waals surface area contributed by atoms with Gasteiger partial charge in [-0.2, -0.15) is 5.26 Å². The summed E-state index contributed by atoms with van der Waals surface area (Å²) in [6, 6.07) is 2.47. The first-order valence-electron chi connectivity index (χ1n) is 5.92. The first-order chi connectivity index (χ1) is 7.62. The van der Waals surface area contributed by atoms with Crippen LogP contribution in [0, 0.1) is 11.3 Å². The summed E-state index contributed by atoms with van der Waals surface area (Å²) in [5.74, 6) is 0. The summed E-state index contributed by atoms with van der Waals surface area (Å²) < 4.78 is 5.41. The number of rotatable bonds is 5. The molecule has 0 N–H and O–H groups in total. The second-order valence-corrected chi connectivity index (χ2v) is 5.76. The highest BCUT2D eigenvalue weighted by Crippen LogP contribution is 2.33. The topological polar surface area (TPSA) is 36.3 Å². The summed E-state index contributed by atoms with van der Waals surface area (Å²) in [6.07, 6.45) is 4.31. The lowest BCUT2D eigenvalue weighted by Crippen LogP contribution is -2.42. The van der Waals surface area contributed by atoms with E-state index in [9.17, 15) is 0 Å². The van der Waals surface area contributed by atoms with Crippen LogP contribution in [0.2, 0.25) is 0 Å². The van der Waals surface area contributed by atoms with Crippen molar-refractivity contribution in [1.82, 2.24) is 4.90 Å². The molecule has 0 aromatic carbocycles. The van der Waals surface area contributed by atoms with Gasteiger partial charge in [-0.25, -0.2) is 0 Å². The highest BCUT2D eigenvalue weighted by atomic mass is 32.2. The molecule has 0 unspecified atom stereocenters. The van der Waals surface area contributed by atoms with Gasteiger partial charge in [0.25, 0.3) is 0 Å². The normalized spacial score (nSPS) is 20.9. The number of likely N-dealkylation sites (tertiary alicyclic amines) is 1. The number of nitrogens with zero attached hydrogens (tertiary/aromatic N) is 2. The molecular weight excluding hydrogens is 220 g/mol. The maximum atomic E-state index is 9.16. The molecule has 0 bridgehead atoms. The van der Waals surface area contributed by atoms with Crippen molar-refractivity contribution in [3.8, 4) is 6.07 Å². The van der Waals surface area contributed by atoms with Crippen molar-refractivity contribution in [2.24, 2.45) is 0 Å². The SMILES string of the molecule is CSC1(C#N)CCN(CCOC(C)C)CC1. The molecule has 0 aliphatic carbocycles. The third kappa shape index (κ3) is 3.97. The molecule has 1 heterocycles. The molecule has 1 aliphatic rings. The summed E-state index contributed by atoms with van der Waals surface area (Å²) in [5, 5.41) is 9.16. The van der Waals surface area contributed by atoms with E-state index in [1.165, 1.54) is 0 Å². The van der Waals surface area contributed by atoms with Crippen LogP contribution in [0.3, 0.4) is 0 Å². The molecule has 1 saturated heterocycles. The van der Waals surface area contributed by atoms with Gasteiger partial charge >= 0.3 is 0 Å². The Bertz CT molecular complexity index is 242. The molecule has 0 radical (unpaired) electrons. The third-order valence-electron chi connectivity index (χ3n) is 3.12. The van der Waals surface area contributed by atoms with Crippen molar-refractivity contribution < 1.29 is 4.74 Å². The van der Waals surface area contributed by atoms with Crippen molar-refractivity contribution in [1.29, 1.82) is 5.26 Å². The van der Waals surface area contributed by atoms with Gasteiger partial charge in [-0.3, -0.25) is 0 Å². The number of piperidine rings is 1. The number of nitriles is 1. The van der Waals surface area contributed by atoms with Crippen LogP contribution in [-0.4, -0.2) is 48.2 Å². The van der Waals surface area contributed by atoms with Crippen molar-refractivity contribution in [3.05, 3.63) is 0 Å². The van der Waals surface area contributed by atoms with Gasteiger partial charge in [0.05, 0.1) is 18.8 Å². The van der Waals surface area contributed by atoms with Gasteiger partial charge in [0.15, 0.2) is 0 Å².